The third-order valence-corrected chi connectivity index (χ3v) is 12.4. The summed E-state index contributed by atoms with van der Waals surface area (Å²) in [6, 6.07) is 34.9. The first-order chi connectivity index (χ1) is 24.3. The first-order valence-corrected chi connectivity index (χ1v) is 18.5. The molecule has 3 heterocycles. The number of para-hydroxylation sites is 1. The summed E-state index contributed by atoms with van der Waals surface area (Å²) in [4.78, 5) is 2.82. The van der Waals surface area contributed by atoms with Crippen molar-refractivity contribution in [1.82, 2.24) is 4.57 Å². The Balaban J connectivity index is 1.06. The molecular weight excluding hydrogens is 597 g/mol. The van der Waals surface area contributed by atoms with Gasteiger partial charge < -0.3 is 14.2 Å². The van der Waals surface area contributed by atoms with Gasteiger partial charge in [-0.15, -0.1) is 0 Å². The van der Waals surface area contributed by atoms with Gasteiger partial charge in [0.05, 0.1) is 17.3 Å². The minimum atomic E-state index is 0.258. The molecule has 3 nitrogen and oxygen atoms in total. The first-order valence-electron chi connectivity index (χ1n) is 18.5. The highest BCUT2D eigenvalue weighted by molar-refractivity contribution is 6.09. The number of benzene rings is 4. The van der Waals surface area contributed by atoms with E-state index in [1.165, 1.54) is 73.2 Å². The topological polar surface area (TPSA) is 17.4 Å². The van der Waals surface area contributed by atoms with Gasteiger partial charge in [-0.2, -0.15) is 0 Å². The minimum absolute atomic E-state index is 0.258. The van der Waals surface area contributed by atoms with Crippen LogP contribution < -0.4 is 4.90 Å². The normalized spacial score (nSPS) is 27.8. The van der Waals surface area contributed by atoms with Crippen molar-refractivity contribution in [2.24, 2.45) is 17.8 Å². The van der Waals surface area contributed by atoms with E-state index in [4.69, 9.17) is 4.74 Å². The van der Waals surface area contributed by atoms with E-state index >= 15 is 0 Å². The largest absolute Gasteiger partial charge is 0.489 e. The quantitative estimate of drug-likeness (QED) is 0.183. The van der Waals surface area contributed by atoms with Gasteiger partial charge in [0.2, 0.25) is 0 Å². The second kappa shape index (κ2) is 10.7. The molecule has 0 amide bonds. The van der Waals surface area contributed by atoms with E-state index in [2.05, 4.69) is 143 Å². The fourth-order valence-corrected chi connectivity index (χ4v) is 10.4. The van der Waals surface area contributed by atoms with Crippen molar-refractivity contribution in [3.8, 4) is 5.69 Å². The lowest BCUT2D eigenvalue weighted by atomic mass is 9.78. The van der Waals surface area contributed by atoms with Crippen LogP contribution in [0.25, 0.3) is 39.0 Å². The van der Waals surface area contributed by atoms with Gasteiger partial charge in [-0.25, -0.2) is 0 Å². The van der Waals surface area contributed by atoms with E-state index in [0.717, 1.165) is 32.1 Å². The summed E-state index contributed by atoms with van der Waals surface area (Å²) in [5.41, 5.74) is 10.8. The molecule has 0 radical (unpaired) electrons. The smallest absolute Gasteiger partial charge is 0.127 e. The molecule has 240 valence electrons. The van der Waals surface area contributed by atoms with Crippen molar-refractivity contribution in [1.29, 1.82) is 0 Å². The molecule has 2 aliphatic heterocycles. The predicted molar refractivity (Wildman–Crippen MR) is 202 cm³/mol. The van der Waals surface area contributed by atoms with Crippen LogP contribution in [0.2, 0.25) is 0 Å². The van der Waals surface area contributed by atoms with Gasteiger partial charge in [0, 0.05) is 57.1 Å². The molecule has 4 aromatic carbocycles. The molecule has 11 rings (SSSR count). The monoisotopic (exact) mass is 636 g/mol. The number of aromatic nitrogens is 1. The number of nitrogens with zero attached hydrogens (tertiary/aromatic N) is 2. The molecule has 5 aromatic rings. The lowest BCUT2D eigenvalue weighted by molar-refractivity contribution is 0.123. The van der Waals surface area contributed by atoms with E-state index in [-0.39, 0.29) is 6.04 Å². The third kappa shape index (κ3) is 4.02. The van der Waals surface area contributed by atoms with Gasteiger partial charge in [-0.05, 0) is 85.4 Å². The van der Waals surface area contributed by atoms with Crippen molar-refractivity contribution in [2.75, 3.05) is 4.90 Å². The standard InChI is InChI=1S/C46H40N2O/c1-2-12-31(13-3-1)48-41-28-27-37-35-15-6-8-19-40(35)47(45(37)43(41)39-26-23-29-11-4-5-14-33(29)44(39)48)32-24-21-30(22-25-32)34-17-10-18-38-36-16-7-9-20-42(36)49-46(34)38/h1-7,11-17,21-28,35-37,40,42,45H,8-10,18-20H2. The second-order valence-electron chi connectivity index (χ2n) is 14.8. The van der Waals surface area contributed by atoms with Crippen LogP contribution in [-0.4, -0.2) is 16.7 Å². The zero-order chi connectivity index (χ0) is 32.1. The number of anilines is 1. The number of hydrogen-bond acceptors (Lipinski definition) is 2. The maximum atomic E-state index is 6.69. The minimum Gasteiger partial charge on any atom is -0.489 e. The second-order valence-corrected chi connectivity index (χ2v) is 14.8. The summed E-state index contributed by atoms with van der Waals surface area (Å²) in [5, 5.41) is 3.98. The van der Waals surface area contributed by atoms with E-state index < -0.39 is 0 Å². The van der Waals surface area contributed by atoms with Gasteiger partial charge >= 0.3 is 0 Å². The lowest BCUT2D eigenvalue weighted by Crippen LogP contribution is -2.35. The highest BCUT2D eigenvalue weighted by Gasteiger charge is 2.51. The molecule has 1 fully saturated rings. The average molecular weight is 637 g/mol. The fraction of sp³-hybridized carbons (Fsp3) is 0.261. The maximum Gasteiger partial charge on any atom is 0.127 e. The molecule has 1 aromatic heterocycles. The van der Waals surface area contributed by atoms with Crippen LogP contribution >= 0.6 is 0 Å². The molecule has 4 aliphatic carbocycles. The van der Waals surface area contributed by atoms with Crippen molar-refractivity contribution < 1.29 is 4.74 Å². The SMILES string of the molecule is C1=CC2C3=C(OC2CC1)C(c1ccc(N2C4CCC=CC4C4C=Cc5c(c6ccc7ccccc7c6n5-c5ccccc5)C42)cc1)=CCC3. The molecule has 0 saturated carbocycles. The molecule has 0 bridgehead atoms. The molecule has 3 heteroatoms. The Morgan fingerprint density at radius 2 is 1.51 bits per heavy atom. The van der Waals surface area contributed by atoms with Crippen LogP contribution in [-0.2, 0) is 4.74 Å². The van der Waals surface area contributed by atoms with Crippen LogP contribution in [0.3, 0.4) is 0 Å². The Morgan fingerprint density at radius 3 is 2.43 bits per heavy atom. The maximum absolute atomic E-state index is 6.69. The molecule has 1 saturated heterocycles. The van der Waals surface area contributed by atoms with Gasteiger partial charge in [-0.3, -0.25) is 0 Å². The number of ether oxygens (including phenoxy) is 1. The zero-order valence-electron chi connectivity index (χ0n) is 27.7. The van der Waals surface area contributed by atoms with E-state index in [9.17, 15) is 0 Å². The number of allylic oxidation sites excluding steroid dienone is 4. The Morgan fingerprint density at radius 1 is 0.673 bits per heavy atom. The third-order valence-electron chi connectivity index (χ3n) is 12.4. The van der Waals surface area contributed by atoms with Crippen molar-refractivity contribution in [3.63, 3.8) is 0 Å². The van der Waals surface area contributed by atoms with Gasteiger partial charge in [-0.1, -0.05) is 103 Å². The highest BCUT2D eigenvalue weighted by Crippen LogP contribution is 2.56. The van der Waals surface area contributed by atoms with E-state index in [0.29, 0.717) is 29.9 Å². The van der Waals surface area contributed by atoms with E-state index in [1.54, 1.807) is 0 Å². The first kappa shape index (κ1) is 27.9. The number of fused-ring (bicyclic) bond motifs is 11. The number of rotatable bonds is 3. The summed E-state index contributed by atoms with van der Waals surface area (Å²) >= 11 is 0. The summed E-state index contributed by atoms with van der Waals surface area (Å²) in [6.45, 7) is 0. The fourth-order valence-electron chi connectivity index (χ4n) is 10.4. The number of hydrogen-bond donors (Lipinski definition) is 0. The summed E-state index contributed by atoms with van der Waals surface area (Å²) in [6.07, 6.45) is 24.3. The Kier molecular flexibility index (Phi) is 6.11. The molecular formula is C46H40N2O. The molecule has 6 atom stereocenters. The zero-order valence-corrected chi connectivity index (χ0v) is 27.7. The van der Waals surface area contributed by atoms with Crippen LogP contribution in [0.15, 0.2) is 139 Å². The van der Waals surface area contributed by atoms with Crippen LogP contribution in [0.4, 0.5) is 5.69 Å². The summed E-state index contributed by atoms with van der Waals surface area (Å²) in [7, 11) is 0. The Hall–Kier alpha value is -5.02. The Bertz CT molecular complexity index is 2300. The molecule has 0 N–H and O–H groups in total. The van der Waals surface area contributed by atoms with Crippen molar-refractivity contribution in [3.05, 3.63) is 156 Å². The van der Waals surface area contributed by atoms with Crippen molar-refractivity contribution in [2.45, 2.75) is 56.7 Å². The van der Waals surface area contributed by atoms with Crippen molar-refractivity contribution >= 4 is 39.0 Å². The Labute approximate surface area is 288 Å². The van der Waals surface area contributed by atoms with Crippen LogP contribution in [0.1, 0.15) is 61.4 Å². The summed E-state index contributed by atoms with van der Waals surface area (Å²) < 4.78 is 9.22. The van der Waals surface area contributed by atoms with E-state index in [1.807, 2.05) is 0 Å². The average Bonchev–Trinajstić information content (AvgIpc) is 3.83. The highest BCUT2D eigenvalue weighted by atomic mass is 16.5. The van der Waals surface area contributed by atoms with Crippen LogP contribution in [0.5, 0.6) is 0 Å². The van der Waals surface area contributed by atoms with Gasteiger partial charge in [0.1, 0.15) is 11.9 Å². The van der Waals surface area contributed by atoms with Gasteiger partial charge in [0.15, 0.2) is 0 Å². The molecule has 0 spiro atoms. The van der Waals surface area contributed by atoms with Gasteiger partial charge in [0.25, 0.3) is 0 Å². The molecule has 6 unspecified atom stereocenters. The molecule has 6 aliphatic rings. The van der Waals surface area contributed by atoms with Crippen LogP contribution in [0, 0.1) is 17.8 Å². The lowest BCUT2D eigenvalue weighted by Gasteiger charge is -2.36. The molecule has 49 heavy (non-hydrogen) atoms. The summed E-state index contributed by atoms with van der Waals surface area (Å²) in [5.74, 6) is 2.55. The predicted octanol–water partition coefficient (Wildman–Crippen LogP) is 11.1.